The second-order valence-electron chi connectivity index (χ2n) is 4.93. The zero-order valence-corrected chi connectivity index (χ0v) is 13.6. The molecule has 1 amide bonds. The molecule has 1 N–H and O–H groups in total. The number of carbonyl (C=O) groups is 1. The van der Waals surface area contributed by atoms with Gasteiger partial charge in [0.15, 0.2) is 18.2 Å². The lowest BCUT2D eigenvalue weighted by molar-refractivity contribution is -0.123. The molecule has 0 saturated heterocycles. The Kier molecular flexibility index (Phi) is 5.82. The summed E-state index contributed by atoms with van der Waals surface area (Å²) in [5, 5.41) is 3.34. The fraction of sp³-hybridized carbons (Fsp3) is 0.235. The van der Waals surface area contributed by atoms with Crippen LogP contribution < -0.4 is 14.8 Å². The maximum atomic E-state index is 13.7. The standard InChI is InChI=1S/C17H17ClFNO3/c1-11(12-3-8-16(22-2)15(19)9-12)20-17(21)10-23-14-6-4-13(18)5-7-14/h3-9,11H,10H2,1-2H3,(H,20,21)/t11-/m1/s1. The normalized spacial score (nSPS) is 11.7. The van der Waals surface area contributed by atoms with Gasteiger partial charge < -0.3 is 14.8 Å². The number of carbonyl (C=O) groups excluding carboxylic acids is 1. The van der Waals surface area contributed by atoms with E-state index in [2.05, 4.69) is 5.32 Å². The van der Waals surface area contributed by atoms with E-state index < -0.39 is 5.82 Å². The molecule has 0 aromatic heterocycles. The number of benzene rings is 2. The van der Waals surface area contributed by atoms with Crippen molar-refractivity contribution in [1.82, 2.24) is 5.32 Å². The molecule has 0 aliphatic carbocycles. The summed E-state index contributed by atoms with van der Waals surface area (Å²) in [5.74, 6) is -0.0572. The van der Waals surface area contributed by atoms with Crippen LogP contribution in [-0.4, -0.2) is 19.6 Å². The second kappa shape index (κ2) is 7.83. The molecule has 2 rings (SSSR count). The second-order valence-corrected chi connectivity index (χ2v) is 5.36. The molecule has 0 heterocycles. The van der Waals surface area contributed by atoms with Crippen molar-refractivity contribution in [2.75, 3.05) is 13.7 Å². The average Bonchev–Trinajstić information content (AvgIpc) is 2.54. The first-order valence-electron chi connectivity index (χ1n) is 7.00. The number of hydrogen-bond acceptors (Lipinski definition) is 3. The van der Waals surface area contributed by atoms with Crippen molar-refractivity contribution in [1.29, 1.82) is 0 Å². The maximum Gasteiger partial charge on any atom is 0.258 e. The monoisotopic (exact) mass is 337 g/mol. The van der Waals surface area contributed by atoms with Gasteiger partial charge in [-0.05, 0) is 48.9 Å². The zero-order valence-electron chi connectivity index (χ0n) is 12.8. The third-order valence-corrected chi connectivity index (χ3v) is 3.49. The van der Waals surface area contributed by atoms with E-state index in [0.717, 1.165) is 0 Å². The van der Waals surface area contributed by atoms with Crippen LogP contribution in [0.4, 0.5) is 4.39 Å². The first kappa shape index (κ1) is 17.1. The van der Waals surface area contributed by atoms with Crippen molar-refractivity contribution in [3.63, 3.8) is 0 Å². The quantitative estimate of drug-likeness (QED) is 0.873. The summed E-state index contributed by atoms with van der Waals surface area (Å²) in [7, 11) is 1.40. The Morgan fingerprint density at radius 3 is 2.57 bits per heavy atom. The first-order valence-corrected chi connectivity index (χ1v) is 7.38. The lowest BCUT2D eigenvalue weighted by atomic mass is 10.1. The Labute approximate surface area is 139 Å². The molecule has 6 heteroatoms. The van der Waals surface area contributed by atoms with E-state index in [1.54, 1.807) is 37.3 Å². The molecule has 0 saturated carbocycles. The van der Waals surface area contributed by atoms with Gasteiger partial charge in [0.2, 0.25) is 0 Å². The van der Waals surface area contributed by atoms with Crippen molar-refractivity contribution in [2.45, 2.75) is 13.0 Å². The highest BCUT2D eigenvalue weighted by molar-refractivity contribution is 6.30. The summed E-state index contributed by atoms with van der Waals surface area (Å²) in [5.41, 5.74) is 0.642. The highest BCUT2D eigenvalue weighted by atomic mass is 35.5. The fourth-order valence-electron chi connectivity index (χ4n) is 2.00. The molecular formula is C17H17ClFNO3. The number of rotatable bonds is 6. The largest absolute Gasteiger partial charge is 0.494 e. The molecule has 0 fully saturated rings. The van der Waals surface area contributed by atoms with Gasteiger partial charge in [-0.15, -0.1) is 0 Å². The highest BCUT2D eigenvalue weighted by Crippen LogP contribution is 2.21. The van der Waals surface area contributed by atoms with E-state index in [1.807, 2.05) is 0 Å². The fourth-order valence-corrected chi connectivity index (χ4v) is 2.12. The van der Waals surface area contributed by atoms with Gasteiger partial charge in [0, 0.05) is 5.02 Å². The van der Waals surface area contributed by atoms with Crippen molar-refractivity contribution in [3.8, 4) is 11.5 Å². The number of amides is 1. The summed E-state index contributed by atoms with van der Waals surface area (Å²) in [6.45, 7) is 1.63. The third-order valence-electron chi connectivity index (χ3n) is 3.24. The number of methoxy groups -OCH3 is 1. The van der Waals surface area contributed by atoms with Crippen molar-refractivity contribution < 1.29 is 18.7 Å². The van der Waals surface area contributed by atoms with E-state index in [4.69, 9.17) is 21.1 Å². The molecular weight excluding hydrogens is 321 g/mol. The first-order chi connectivity index (χ1) is 11.0. The Morgan fingerprint density at radius 2 is 1.96 bits per heavy atom. The lowest BCUT2D eigenvalue weighted by Crippen LogP contribution is -2.31. The molecule has 0 unspecified atom stereocenters. The summed E-state index contributed by atoms with van der Waals surface area (Å²) in [4.78, 5) is 11.9. The van der Waals surface area contributed by atoms with Crippen LogP contribution in [0.3, 0.4) is 0 Å². The van der Waals surface area contributed by atoms with Gasteiger partial charge in [-0.3, -0.25) is 4.79 Å². The molecule has 0 spiro atoms. The zero-order chi connectivity index (χ0) is 16.8. The van der Waals surface area contributed by atoms with E-state index >= 15 is 0 Å². The predicted molar refractivity (Wildman–Crippen MR) is 86.5 cm³/mol. The SMILES string of the molecule is COc1ccc([C@@H](C)NC(=O)COc2ccc(Cl)cc2)cc1F. The van der Waals surface area contributed by atoms with Gasteiger partial charge >= 0.3 is 0 Å². The van der Waals surface area contributed by atoms with Crippen LogP contribution in [-0.2, 0) is 4.79 Å². The summed E-state index contributed by atoms with van der Waals surface area (Å²) >= 11 is 5.77. The minimum Gasteiger partial charge on any atom is -0.494 e. The Morgan fingerprint density at radius 1 is 1.26 bits per heavy atom. The van der Waals surface area contributed by atoms with Gasteiger partial charge in [0.1, 0.15) is 5.75 Å². The van der Waals surface area contributed by atoms with Crippen LogP contribution in [0.2, 0.25) is 5.02 Å². The van der Waals surface area contributed by atoms with Crippen molar-refractivity contribution in [2.24, 2.45) is 0 Å². The molecule has 23 heavy (non-hydrogen) atoms. The van der Waals surface area contributed by atoms with Gasteiger partial charge in [-0.1, -0.05) is 17.7 Å². The van der Waals surface area contributed by atoms with Crippen molar-refractivity contribution in [3.05, 3.63) is 58.9 Å². The molecule has 4 nitrogen and oxygen atoms in total. The average molecular weight is 338 g/mol. The maximum absolute atomic E-state index is 13.7. The number of hydrogen-bond donors (Lipinski definition) is 1. The minimum atomic E-state index is -0.469. The molecule has 1 atom stereocenters. The van der Waals surface area contributed by atoms with Crippen LogP contribution in [0.5, 0.6) is 11.5 Å². The van der Waals surface area contributed by atoms with E-state index in [-0.39, 0.29) is 24.3 Å². The predicted octanol–water partition coefficient (Wildman–Crippen LogP) is 3.74. The van der Waals surface area contributed by atoms with Crippen LogP contribution in [0.25, 0.3) is 0 Å². The Balaban J connectivity index is 1.89. The van der Waals surface area contributed by atoms with Crippen LogP contribution in [0, 0.1) is 5.82 Å². The minimum absolute atomic E-state index is 0.134. The van der Waals surface area contributed by atoms with Gasteiger partial charge in [0.25, 0.3) is 5.91 Å². The molecule has 0 radical (unpaired) electrons. The third kappa shape index (κ3) is 4.86. The summed E-state index contributed by atoms with van der Waals surface area (Å²) < 4.78 is 23.9. The van der Waals surface area contributed by atoms with Gasteiger partial charge in [0.05, 0.1) is 13.2 Å². The lowest BCUT2D eigenvalue weighted by Gasteiger charge is -2.15. The summed E-state index contributed by atoms with van der Waals surface area (Å²) in [6, 6.07) is 10.9. The smallest absolute Gasteiger partial charge is 0.258 e. The number of halogens is 2. The van der Waals surface area contributed by atoms with E-state index in [1.165, 1.54) is 19.2 Å². The van der Waals surface area contributed by atoms with Crippen LogP contribution in [0.1, 0.15) is 18.5 Å². The molecule has 0 aliphatic rings. The highest BCUT2D eigenvalue weighted by Gasteiger charge is 2.12. The Bertz CT molecular complexity index is 676. The molecule has 0 aliphatic heterocycles. The van der Waals surface area contributed by atoms with Crippen LogP contribution >= 0.6 is 11.6 Å². The van der Waals surface area contributed by atoms with Crippen molar-refractivity contribution >= 4 is 17.5 Å². The molecule has 0 bridgehead atoms. The number of nitrogens with one attached hydrogen (secondary N) is 1. The Hall–Kier alpha value is -2.27. The van der Waals surface area contributed by atoms with Gasteiger partial charge in [-0.25, -0.2) is 4.39 Å². The molecule has 2 aromatic carbocycles. The molecule has 122 valence electrons. The molecule has 2 aromatic rings. The summed E-state index contributed by atoms with van der Waals surface area (Å²) in [6.07, 6.45) is 0. The van der Waals surface area contributed by atoms with Crippen LogP contribution in [0.15, 0.2) is 42.5 Å². The topological polar surface area (TPSA) is 47.6 Å². The van der Waals surface area contributed by atoms with E-state index in [9.17, 15) is 9.18 Å². The number of ether oxygens (including phenoxy) is 2. The van der Waals surface area contributed by atoms with E-state index in [0.29, 0.717) is 16.3 Å². The van der Waals surface area contributed by atoms with Gasteiger partial charge in [-0.2, -0.15) is 0 Å².